The van der Waals surface area contributed by atoms with E-state index in [2.05, 4.69) is 62.9 Å². The molecule has 1 aromatic heterocycles. The van der Waals surface area contributed by atoms with Gasteiger partial charge in [-0.15, -0.1) is 0 Å². The summed E-state index contributed by atoms with van der Waals surface area (Å²) < 4.78 is 0. The fourth-order valence-corrected chi connectivity index (χ4v) is 4.96. The van der Waals surface area contributed by atoms with Crippen LogP contribution in [0.25, 0.3) is 0 Å². The van der Waals surface area contributed by atoms with Crippen molar-refractivity contribution >= 4 is 40.8 Å². The lowest BCUT2D eigenvalue weighted by Crippen LogP contribution is -2.49. The number of likely N-dealkylation sites (N-methyl/N-ethyl adjacent to an activating group) is 1. The van der Waals surface area contributed by atoms with Gasteiger partial charge in [0.15, 0.2) is 5.16 Å². The zero-order valence-electron chi connectivity index (χ0n) is 18.1. The van der Waals surface area contributed by atoms with Crippen molar-refractivity contribution in [3.63, 3.8) is 0 Å². The molecule has 9 heteroatoms. The Morgan fingerprint density at radius 2 is 1.68 bits per heavy atom. The van der Waals surface area contributed by atoms with E-state index in [1.807, 2.05) is 11.0 Å². The second-order valence-electron chi connectivity index (χ2n) is 8.06. The highest BCUT2D eigenvalue weighted by Gasteiger charge is 2.23. The maximum atomic E-state index is 12.8. The molecule has 0 unspecified atom stereocenters. The number of anilines is 2. The highest BCUT2D eigenvalue weighted by Crippen LogP contribution is 2.24. The lowest BCUT2D eigenvalue weighted by molar-refractivity contribution is -0.128. The first-order valence-electron chi connectivity index (χ1n) is 10.7. The Bertz CT molecular complexity index is 913. The molecule has 1 aromatic carbocycles. The topological polar surface area (TPSA) is 55.8 Å². The van der Waals surface area contributed by atoms with Crippen LogP contribution in [0.4, 0.5) is 11.5 Å². The van der Waals surface area contributed by atoms with Crippen molar-refractivity contribution in [1.82, 2.24) is 19.8 Å². The Balaban J connectivity index is 1.30. The number of para-hydroxylation sites is 1. The van der Waals surface area contributed by atoms with E-state index in [9.17, 15) is 4.79 Å². The van der Waals surface area contributed by atoms with Crippen LogP contribution in [-0.4, -0.2) is 90.8 Å². The first kappa shape index (κ1) is 22.2. The van der Waals surface area contributed by atoms with E-state index < -0.39 is 0 Å². The molecule has 0 aliphatic carbocycles. The number of nitrogens with zero attached hydrogens (tertiary/aromatic N) is 6. The van der Waals surface area contributed by atoms with Gasteiger partial charge in [-0.2, -0.15) is 0 Å². The predicted molar refractivity (Wildman–Crippen MR) is 127 cm³/mol. The van der Waals surface area contributed by atoms with Crippen LogP contribution in [0.3, 0.4) is 0 Å². The molecule has 2 aliphatic rings. The zero-order valence-corrected chi connectivity index (χ0v) is 19.7. The molecule has 0 radical (unpaired) electrons. The van der Waals surface area contributed by atoms with Crippen molar-refractivity contribution in [3.05, 3.63) is 41.0 Å². The van der Waals surface area contributed by atoms with Crippen LogP contribution < -0.4 is 9.80 Å². The minimum atomic E-state index is 0.124. The fourth-order valence-electron chi connectivity index (χ4n) is 3.98. The first-order chi connectivity index (χ1) is 15.0. The van der Waals surface area contributed by atoms with Gasteiger partial charge in [-0.25, -0.2) is 9.97 Å². The fraction of sp³-hybridized carbons (Fsp3) is 0.500. The second-order valence-corrected chi connectivity index (χ2v) is 9.39. The summed E-state index contributed by atoms with van der Waals surface area (Å²) in [6, 6.07) is 10.2. The van der Waals surface area contributed by atoms with Crippen LogP contribution in [0.1, 0.15) is 5.56 Å². The number of benzene rings is 1. The van der Waals surface area contributed by atoms with Crippen molar-refractivity contribution < 1.29 is 4.79 Å². The van der Waals surface area contributed by atoms with E-state index in [4.69, 9.17) is 11.6 Å². The van der Waals surface area contributed by atoms with Gasteiger partial charge in [0.05, 0.1) is 5.75 Å². The van der Waals surface area contributed by atoms with Gasteiger partial charge in [0.2, 0.25) is 5.91 Å². The predicted octanol–water partition coefficient (Wildman–Crippen LogP) is 2.63. The maximum absolute atomic E-state index is 12.8. The highest BCUT2D eigenvalue weighted by atomic mass is 35.5. The molecule has 0 bridgehead atoms. The number of piperazine rings is 2. The molecule has 2 aliphatic heterocycles. The number of aromatic nitrogens is 2. The molecule has 4 rings (SSSR count). The second kappa shape index (κ2) is 10.1. The Hall–Kier alpha value is -2.03. The van der Waals surface area contributed by atoms with E-state index in [-0.39, 0.29) is 5.91 Å². The van der Waals surface area contributed by atoms with E-state index in [1.165, 1.54) is 23.0 Å². The van der Waals surface area contributed by atoms with Crippen LogP contribution in [0.5, 0.6) is 0 Å². The van der Waals surface area contributed by atoms with Gasteiger partial charge in [-0.3, -0.25) is 4.79 Å². The van der Waals surface area contributed by atoms with Gasteiger partial charge in [-0.05, 0) is 25.6 Å². The van der Waals surface area contributed by atoms with Crippen molar-refractivity contribution in [2.45, 2.75) is 12.1 Å². The van der Waals surface area contributed by atoms with Crippen molar-refractivity contribution in [1.29, 1.82) is 0 Å². The summed E-state index contributed by atoms with van der Waals surface area (Å²) in [6.45, 7) is 9.12. The standard InChI is InChI=1S/C22H29ClN6OS/c1-17-5-3-4-6-18(17)27-11-13-29(14-12-27)21(30)16-31-22-24-19(23)15-20(25-22)28-9-7-26(2)8-10-28/h3-6,15H,7-14,16H2,1-2H3. The SMILES string of the molecule is Cc1ccccc1N1CCN(C(=O)CSc2nc(Cl)cc(N3CCN(C)CC3)n2)CC1. The number of rotatable bonds is 5. The first-order valence-corrected chi connectivity index (χ1v) is 12.1. The molecule has 7 nitrogen and oxygen atoms in total. The summed E-state index contributed by atoms with van der Waals surface area (Å²) in [4.78, 5) is 30.6. The van der Waals surface area contributed by atoms with Crippen LogP contribution in [0, 0.1) is 6.92 Å². The number of amides is 1. The minimum Gasteiger partial charge on any atom is -0.368 e. The number of aryl methyl sites for hydroxylation is 1. The van der Waals surface area contributed by atoms with Crippen molar-refractivity contribution in [2.75, 3.05) is 75.0 Å². The molecule has 31 heavy (non-hydrogen) atoms. The van der Waals surface area contributed by atoms with Crippen molar-refractivity contribution in [2.24, 2.45) is 0 Å². The summed E-state index contributed by atoms with van der Waals surface area (Å²) >= 11 is 7.61. The molecule has 0 atom stereocenters. The highest BCUT2D eigenvalue weighted by molar-refractivity contribution is 7.99. The number of hydrogen-bond acceptors (Lipinski definition) is 7. The lowest BCUT2D eigenvalue weighted by atomic mass is 10.1. The van der Waals surface area contributed by atoms with Crippen LogP contribution in [0.2, 0.25) is 5.15 Å². The molecule has 1 amide bonds. The normalized spacial score (nSPS) is 17.8. The molecule has 0 N–H and O–H groups in total. The molecule has 2 saturated heterocycles. The third-order valence-electron chi connectivity index (χ3n) is 5.90. The van der Waals surface area contributed by atoms with Crippen LogP contribution >= 0.6 is 23.4 Å². The zero-order chi connectivity index (χ0) is 21.8. The maximum Gasteiger partial charge on any atom is 0.233 e. The van der Waals surface area contributed by atoms with E-state index in [0.29, 0.717) is 16.1 Å². The molecule has 3 heterocycles. The third-order valence-corrected chi connectivity index (χ3v) is 6.93. The Labute approximate surface area is 193 Å². The molecule has 166 valence electrons. The summed E-state index contributed by atoms with van der Waals surface area (Å²) in [5.41, 5.74) is 2.53. The number of thioether (sulfide) groups is 1. The number of hydrogen-bond donors (Lipinski definition) is 0. The molecular formula is C22H29ClN6OS. The molecule has 2 fully saturated rings. The van der Waals surface area contributed by atoms with Crippen LogP contribution in [-0.2, 0) is 4.79 Å². The minimum absolute atomic E-state index is 0.124. The van der Waals surface area contributed by atoms with E-state index >= 15 is 0 Å². The largest absolute Gasteiger partial charge is 0.368 e. The third kappa shape index (κ3) is 5.61. The van der Waals surface area contributed by atoms with Gasteiger partial charge in [-0.1, -0.05) is 41.6 Å². The smallest absolute Gasteiger partial charge is 0.233 e. The number of carbonyl (C=O) groups is 1. The Kier molecular flexibility index (Phi) is 7.20. The lowest BCUT2D eigenvalue weighted by Gasteiger charge is -2.36. The number of halogens is 1. The van der Waals surface area contributed by atoms with Crippen LogP contribution in [0.15, 0.2) is 35.5 Å². The quantitative estimate of drug-likeness (QED) is 0.386. The Morgan fingerprint density at radius 1 is 1.00 bits per heavy atom. The van der Waals surface area contributed by atoms with Gasteiger partial charge < -0.3 is 19.6 Å². The summed E-state index contributed by atoms with van der Waals surface area (Å²) in [6.07, 6.45) is 0. The van der Waals surface area contributed by atoms with E-state index in [0.717, 1.165) is 58.2 Å². The Morgan fingerprint density at radius 3 is 2.39 bits per heavy atom. The average Bonchev–Trinajstić information content (AvgIpc) is 2.78. The molecular weight excluding hydrogens is 432 g/mol. The average molecular weight is 461 g/mol. The molecule has 2 aromatic rings. The summed E-state index contributed by atoms with van der Waals surface area (Å²) in [5, 5.41) is 0.985. The summed E-state index contributed by atoms with van der Waals surface area (Å²) in [5.74, 6) is 1.29. The van der Waals surface area contributed by atoms with Gasteiger partial charge in [0.1, 0.15) is 11.0 Å². The van der Waals surface area contributed by atoms with Crippen molar-refractivity contribution in [3.8, 4) is 0 Å². The summed E-state index contributed by atoms with van der Waals surface area (Å²) in [7, 11) is 2.12. The van der Waals surface area contributed by atoms with Gasteiger partial charge >= 0.3 is 0 Å². The molecule has 0 spiro atoms. The monoisotopic (exact) mass is 460 g/mol. The van der Waals surface area contributed by atoms with E-state index in [1.54, 1.807) is 0 Å². The number of carbonyl (C=O) groups excluding carboxylic acids is 1. The van der Waals surface area contributed by atoms with Gasteiger partial charge in [0, 0.05) is 64.1 Å². The molecule has 0 saturated carbocycles. The van der Waals surface area contributed by atoms with Gasteiger partial charge in [0.25, 0.3) is 0 Å².